The summed E-state index contributed by atoms with van der Waals surface area (Å²) in [5.41, 5.74) is -0.182. The number of ether oxygens (including phenoxy) is 1. The first-order valence-electron chi connectivity index (χ1n) is 5.50. The fraction of sp³-hybridized carbons (Fsp3) is 0.909. The van der Waals surface area contributed by atoms with Crippen molar-refractivity contribution in [2.45, 2.75) is 52.3 Å². The van der Waals surface area contributed by atoms with Gasteiger partial charge < -0.3 is 15.0 Å². The molecule has 4 nitrogen and oxygen atoms in total. The highest BCUT2D eigenvalue weighted by molar-refractivity contribution is 5.75. The summed E-state index contributed by atoms with van der Waals surface area (Å²) >= 11 is 0. The summed E-state index contributed by atoms with van der Waals surface area (Å²) in [6.07, 6.45) is 0.131. The largest absolute Gasteiger partial charge is 0.375 e. The first-order valence-corrected chi connectivity index (χ1v) is 5.50. The summed E-state index contributed by atoms with van der Waals surface area (Å²) in [7, 11) is 0. The van der Waals surface area contributed by atoms with E-state index >= 15 is 0 Å². The maximum absolute atomic E-state index is 11.9. The molecule has 0 spiro atoms. The van der Waals surface area contributed by atoms with Gasteiger partial charge in [-0.05, 0) is 34.6 Å². The van der Waals surface area contributed by atoms with E-state index in [4.69, 9.17) is 4.74 Å². The number of nitrogens with one attached hydrogen (secondary N) is 1. The molecule has 2 amide bonds. The fourth-order valence-electron chi connectivity index (χ4n) is 1.58. The second-order valence-corrected chi connectivity index (χ2v) is 5.33. The van der Waals surface area contributed by atoms with Crippen molar-refractivity contribution in [1.29, 1.82) is 0 Å². The van der Waals surface area contributed by atoms with E-state index < -0.39 is 0 Å². The van der Waals surface area contributed by atoms with Crippen molar-refractivity contribution in [1.82, 2.24) is 10.2 Å². The third-order valence-electron chi connectivity index (χ3n) is 2.35. The quantitative estimate of drug-likeness (QED) is 0.665. The van der Waals surface area contributed by atoms with Crippen LogP contribution in [-0.4, -0.2) is 41.8 Å². The Bertz CT molecular complexity index is 235. The number of morpholine rings is 1. The van der Waals surface area contributed by atoms with Crippen LogP contribution in [0.2, 0.25) is 0 Å². The molecule has 0 saturated carbocycles. The number of carbonyl (C=O) groups excluding carboxylic acids is 1. The van der Waals surface area contributed by atoms with Gasteiger partial charge in [0.2, 0.25) is 0 Å². The molecule has 0 aromatic rings. The predicted molar refractivity (Wildman–Crippen MR) is 59.9 cm³/mol. The van der Waals surface area contributed by atoms with E-state index in [1.54, 1.807) is 0 Å². The zero-order chi connectivity index (χ0) is 11.6. The average molecular weight is 214 g/mol. The molecule has 0 aromatic heterocycles. The highest BCUT2D eigenvalue weighted by Crippen LogP contribution is 2.12. The van der Waals surface area contributed by atoms with Crippen LogP contribution in [0.1, 0.15) is 34.6 Å². The molecule has 1 aliphatic heterocycles. The summed E-state index contributed by atoms with van der Waals surface area (Å²) in [5.74, 6) is 0. The molecular weight excluding hydrogens is 192 g/mol. The van der Waals surface area contributed by atoms with Crippen molar-refractivity contribution >= 4 is 6.03 Å². The van der Waals surface area contributed by atoms with Crippen LogP contribution >= 0.6 is 0 Å². The molecule has 0 radical (unpaired) electrons. The molecule has 2 atom stereocenters. The van der Waals surface area contributed by atoms with Gasteiger partial charge in [-0.2, -0.15) is 0 Å². The molecule has 2 unspecified atom stereocenters. The Labute approximate surface area is 92.0 Å². The summed E-state index contributed by atoms with van der Waals surface area (Å²) < 4.78 is 5.48. The minimum Gasteiger partial charge on any atom is -0.375 e. The average Bonchev–Trinajstić information content (AvgIpc) is 2.06. The van der Waals surface area contributed by atoms with Gasteiger partial charge in [-0.1, -0.05) is 0 Å². The van der Waals surface area contributed by atoms with E-state index in [1.807, 2.05) is 39.5 Å². The van der Waals surface area contributed by atoms with Crippen molar-refractivity contribution in [3.8, 4) is 0 Å². The molecule has 15 heavy (non-hydrogen) atoms. The first kappa shape index (κ1) is 12.3. The number of hydrogen-bond acceptors (Lipinski definition) is 2. The van der Waals surface area contributed by atoms with Crippen LogP contribution in [0.4, 0.5) is 4.79 Å². The van der Waals surface area contributed by atoms with E-state index in [1.165, 1.54) is 0 Å². The lowest BCUT2D eigenvalue weighted by Crippen LogP contribution is -2.56. The van der Waals surface area contributed by atoms with Crippen LogP contribution in [-0.2, 0) is 4.74 Å². The summed E-state index contributed by atoms with van der Waals surface area (Å²) in [6, 6.07) is 0.161. The van der Waals surface area contributed by atoms with Gasteiger partial charge in [-0.3, -0.25) is 0 Å². The molecule has 0 aliphatic carbocycles. The van der Waals surface area contributed by atoms with Gasteiger partial charge in [0.1, 0.15) is 0 Å². The Morgan fingerprint density at radius 3 is 2.53 bits per heavy atom. The van der Waals surface area contributed by atoms with Gasteiger partial charge in [-0.15, -0.1) is 0 Å². The van der Waals surface area contributed by atoms with Crippen molar-refractivity contribution in [3.63, 3.8) is 0 Å². The molecule has 0 bridgehead atoms. The van der Waals surface area contributed by atoms with E-state index in [0.717, 1.165) is 0 Å². The van der Waals surface area contributed by atoms with E-state index in [2.05, 4.69) is 5.32 Å². The van der Waals surface area contributed by atoms with Gasteiger partial charge >= 0.3 is 6.03 Å². The van der Waals surface area contributed by atoms with E-state index in [9.17, 15) is 4.79 Å². The monoisotopic (exact) mass is 214 g/mol. The van der Waals surface area contributed by atoms with Crippen molar-refractivity contribution in [2.24, 2.45) is 0 Å². The lowest BCUT2D eigenvalue weighted by molar-refractivity contribution is -0.0325. The number of amides is 2. The second kappa shape index (κ2) is 4.39. The van der Waals surface area contributed by atoms with Crippen molar-refractivity contribution in [3.05, 3.63) is 0 Å². The Kier molecular flexibility index (Phi) is 3.60. The molecule has 4 heteroatoms. The van der Waals surface area contributed by atoms with Gasteiger partial charge in [0.15, 0.2) is 0 Å². The predicted octanol–water partition coefficient (Wildman–Crippen LogP) is 1.60. The Morgan fingerprint density at radius 1 is 1.40 bits per heavy atom. The molecule has 1 aliphatic rings. The third-order valence-corrected chi connectivity index (χ3v) is 2.35. The van der Waals surface area contributed by atoms with Gasteiger partial charge in [-0.25, -0.2) is 4.79 Å². The lowest BCUT2D eigenvalue weighted by atomic mass is 10.1. The smallest absolute Gasteiger partial charge is 0.318 e. The van der Waals surface area contributed by atoms with Gasteiger partial charge in [0, 0.05) is 12.1 Å². The number of nitrogens with zero attached hydrogens (tertiary/aromatic N) is 1. The standard InChI is InChI=1S/C11H22N2O2/c1-8-7-15-9(2)6-13(8)10(14)12-11(3,4)5/h8-9H,6-7H2,1-5H3,(H,12,14). The van der Waals surface area contributed by atoms with Gasteiger partial charge in [0.05, 0.1) is 18.8 Å². The lowest BCUT2D eigenvalue weighted by Gasteiger charge is -2.38. The van der Waals surface area contributed by atoms with Crippen molar-refractivity contribution in [2.75, 3.05) is 13.2 Å². The summed E-state index contributed by atoms with van der Waals surface area (Å²) in [5, 5.41) is 2.97. The van der Waals surface area contributed by atoms with E-state index in [0.29, 0.717) is 13.2 Å². The number of carbonyl (C=O) groups is 1. The van der Waals surface area contributed by atoms with Crippen LogP contribution in [0.3, 0.4) is 0 Å². The third kappa shape index (κ3) is 3.70. The van der Waals surface area contributed by atoms with Gasteiger partial charge in [0.25, 0.3) is 0 Å². The summed E-state index contributed by atoms with van der Waals surface area (Å²) in [4.78, 5) is 13.8. The van der Waals surface area contributed by atoms with Crippen LogP contribution in [0.5, 0.6) is 0 Å². The SMILES string of the molecule is CC1CN(C(=O)NC(C)(C)C)C(C)CO1. The van der Waals surface area contributed by atoms with E-state index in [-0.39, 0.29) is 23.7 Å². The molecular formula is C11H22N2O2. The molecule has 1 heterocycles. The van der Waals surface area contributed by atoms with Crippen LogP contribution in [0, 0.1) is 0 Å². The zero-order valence-electron chi connectivity index (χ0n) is 10.3. The highest BCUT2D eigenvalue weighted by atomic mass is 16.5. The highest BCUT2D eigenvalue weighted by Gasteiger charge is 2.29. The fourth-order valence-corrected chi connectivity index (χ4v) is 1.58. The normalized spacial score (nSPS) is 27.7. The van der Waals surface area contributed by atoms with Crippen LogP contribution < -0.4 is 5.32 Å². The molecule has 1 fully saturated rings. The molecule has 1 N–H and O–H groups in total. The number of urea groups is 1. The summed E-state index contributed by atoms with van der Waals surface area (Å²) in [6.45, 7) is 11.2. The number of hydrogen-bond donors (Lipinski definition) is 1. The van der Waals surface area contributed by atoms with Crippen LogP contribution in [0.25, 0.3) is 0 Å². The maximum Gasteiger partial charge on any atom is 0.318 e. The molecule has 88 valence electrons. The second-order valence-electron chi connectivity index (χ2n) is 5.33. The Balaban J connectivity index is 2.57. The number of rotatable bonds is 0. The maximum atomic E-state index is 11.9. The van der Waals surface area contributed by atoms with Crippen LogP contribution in [0.15, 0.2) is 0 Å². The minimum atomic E-state index is -0.182. The topological polar surface area (TPSA) is 41.6 Å². The van der Waals surface area contributed by atoms with Crippen molar-refractivity contribution < 1.29 is 9.53 Å². The first-order chi connectivity index (χ1) is 6.79. The Morgan fingerprint density at radius 2 is 2.00 bits per heavy atom. The molecule has 1 rings (SSSR count). The minimum absolute atomic E-state index is 0.00477. The Hall–Kier alpha value is -0.770. The zero-order valence-corrected chi connectivity index (χ0v) is 10.3. The molecule has 1 saturated heterocycles. The molecule has 0 aromatic carbocycles.